The summed E-state index contributed by atoms with van der Waals surface area (Å²) < 4.78 is 0. The highest BCUT2D eigenvalue weighted by molar-refractivity contribution is 5.85. The van der Waals surface area contributed by atoms with E-state index in [4.69, 9.17) is 5.73 Å². The summed E-state index contributed by atoms with van der Waals surface area (Å²) in [7, 11) is 0. The Morgan fingerprint density at radius 3 is 2.69 bits per heavy atom. The fourth-order valence-corrected chi connectivity index (χ4v) is 2.65. The van der Waals surface area contributed by atoms with Gasteiger partial charge in [-0.2, -0.15) is 0 Å². The molecule has 2 aliphatic rings. The largest absolute Gasteiger partial charge is 0.342 e. The molecule has 1 aliphatic heterocycles. The molecular weight excluding hydrogens is 224 g/mol. The maximum atomic E-state index is 12.3. The molecule has 1 heterocycles. The van der Waals surface area contributed by atoms with E-state index in [0.29, 0.717) is 11.8 Å². The number of halogens is 1. The molecule has 0 radical (unpaired) electrons. The van der Waals surface area contributed by atoms with Crippen molar-refractivity contribution in [3.05, 3.63) is 0 Å². The van der Waals surface area contributed by atoms with Gasteiger partial charge in [0.1, 0.15) is 0 Å². The van der Waals surface area contributed by atoms with Crippen LogP contribution in [0.3, 0.4) is 0 Å². The highest BCUT2D eigenvalue weighted by Gasteiger charge is 2.50. The lowest BCUT2D eigenvalue weighted by molar-refractivity contribution is -0.138. The van der Waals surface area contributed by atoms with Crippen molar-refractivity contribution in [3.8, 4) is 0 Å². The van der Waals surface area contributed by atoms with Gasteiger partial charge in [-0.3, -0.25) is 4.79 Å². The zero-order valence-electron chi connectivity index (χ0n) is 10.1. The Balaban J connectivity index is 0.00000128. The summed E-state index contributed by atoms with van der Waals surface area (Å²) in [6, 6.07) is 0. The van der Waals surface area contributed by atoms with E-state index in [-0.39, 0.29) is 17.8 Å². The Morgan fingerprint density at radius 2 is 2.19 bits per heavy atom. The topological polar surface area (TPSA) is 46.3 Å². The van der Waals surface area contributed by atoms with E-state index in [1.807, 2.05) is 0 Å². The molecule has 0 spiro atoms. The second-order valence-corrected chi connectivity index (χ2v) is 5.13. The third-order valence-electron chi connectivity index (χ3n) is 4.12. The van der Waals surface area contributed by atoms with Gasteiger partial charge in [0.25, 0.3) is 0 Å². The molecule has 2 N–H and O–H groups in total. The summed E-state index contributed by atoms with van der Waals surface area (Å²) in [4.78, 5) is 14.3. The molecule has 0 aromatic heterocycles. The smallest absolute Gasteiger partial charge is 0.228 e. The fraction of sp³-hybridized carbons (Fsp3) is 0.917. The molecule has 0 aromatic carbocycles. The van der Waals surface area contributed by atoms with E-state index in [1.54, 1.807) is 0 Å². The standard InChI is InChI=1S/C12H22N2O.ClH/c1-2-12(5-6-12)11(15)14-7-3-4-10(8-13)9-14;/h10H,2-9,13H2,1H3;1H. The van der Waals surface area contributed by atoms with Gasteiger partial charge < -0.3 is 10.6 Å². The number of amides is 1. The van der Waals surface area contributed by atoms with E-state index < -0.39 is 0 Å². The quantitative estimate of drug-likeness (QED) is 0.826. The monoisotopic (exact) mass is 246 g/mol. The lowest BCUT2D eigenvalue weighted by Crippen LogP contribution is -2.45. The minimum Gasteiger partial charge on any atom is -0.342 e. The van der Waals surface area contributed by atoms with Gasteiger partial charge in [0, 0.05) is 18.5 Å². The zero-order valence-corrected chi connectivity index (χ0v) is 10.9. The minimum absolute atomic E-state index is 0. The fourth-order valence-electron chi connectivity index (χ4n) is 2.65. The van der Waals surface area contributed by atoms with Crippen molar-refractivity contribution in [3.63, 3.8) is 0 Å². The van der Waals surface area contributed by atoms with Gasteiger partial charge in [-0.25, -0.2) is 0 Å². The number of nitrogens with two attached hydrogens (primary N) is 1. The Hall–Kier alpha value is -0.280. The molecule has 1 saturated carbocycles. The molecule has 4 heteroatoms. The number of piperidine rings is 1. The van der Waals surface area contributed by atoms with E-state index in [0.717, 1.165) is 45.3 Å². The Bertz CT molecular complexity index is 253. The summed E-state index contributed by atoms with van der Waals surface area (Å²) in [6.45, 7) is 4.71. The third-order valence-corrected chi connectivity index (χ3v) is 4.12. The predicted molar refractivity (Wildman–Crippen MR) is 67.6 cm³/mol. The van der Waals surface area contributed by atoms with Gasteiger partial charge >= 0.3 is 0 Å². The number of carbonyl (C=O) groups is 1. The number of carbonyl (C=O) groups excluding carboxylic acids is 1. The minimum atomic E-state index is 0. The second kappa shape index (κ2) is 5.37. The molecule has 1 amide bonds. The van der Waals surface area contributed by atoms with Gasteiger partial charge in [0.05, 0.1) is 0 Å². The lowest BCUT2D eigenvalue weighted by Gasteiger charge is -2.34. The van der Waals surface area contributed by atoms with Crippen molar-refractivity contribution >= 4 is 18.3 Å². The lowest BCUT2D eigenvalue weighted by atomic mass is 9.95. The first-order valence-electron chi connectivity index (χ1n) is 6.21. The van der Waals surface area contributed by atoms with Gasteiger partial charge in [-0.1, -0.05) is 6.92 Å². The van der Waals surface area contributed by atoms with Gasteiger partial charge in [-0.15, -0.1) is 12.4 Å². The van der Waals surface area contributed by atoms with Crippen LogP contribution < -0.4 is 5.73 Å². The molecule has 16 heavy (non-hydrogen) atoms. The van der Waals surface area contributed by atoms with Gasteiger partial charge in [0.2, 0.25) is 5.91 Å². The van der Waals surface area contributed by atoms with E-state index in [1.165, 1.54) is 6.42 Å². The van der Waals surface area contributed by atoms with E-state index >= 15 is 0 Å². The molecule has 1 atom stereocenters. The average molecular weight is 247 g/mol. The Morgan fingerprint density at radius 1 is 1.50 bits per heavy atom. The number of hydrogen-bond acceptors (Lipinski definition) is 2. The van der Waals surface area contributed by atoms with Crippen molar-refractivity contribution in [2.75, 3.05) is 19.6 Å². The van der Waals surface area contributed by atoms with Gasteiger partial charge in [0.15, 0.2) is 0 Å². The predicted octanol–water partition coefficient (Wildman–Crippen LogP) is 1.80. The average Bonchev–Trinajstić information content (AvgIpc) is 3.09. The van der Waals surface area contributed by atoms with Crippen LogP contribution in [0, 0.1) is 11.3 Å². The van der Waals surface area contributed by atoms with Crippen LogP contribution in [0.1, 0.15) is 39.0 Å². The molecule has 1 unspecified atom stereocenters. The van der Waals surface area contributed by atoms with Crippen LogP contribution in [0.2, 0.25) is 0 Å². The number of hydrogen-bond donors (Lipinski definition) is 1. The first-order valence-corrected chi connectivity index (χ1v) is 6.21. The molecule has 3 nitrogen and oxygen atoms in total. The van der Waals surface area contributed by atoms with Crippen LogP contribution in [-0.2, 0) is 4.79 Å². The molecule has 2 rings (SSSR count). The van der Waals surface area contributed by atoms with E-state index in [2.05, 4.69) is 11.8 Å². The summed E-state index contributed by atoms with van der Waals surface area (Å²) in [5.41, 5.74) is 5.72. The van der Waals surface area contributed by atoms with Crippen molar-refractivity contribution in [2.24, 2.45) is 17.1 Å². The molecular formula is C12H23ClN2O. The van der Waals surface area contributed by atoms with Gasteiger partial charge in [-0.05, 0) is 44.6 Å². The normalized spacial score (nSPS) is 27.1. The van der Waals surface area contributed by atoms with Crippen LogP contribution in [0.4, 0.5) is 0 Å². The Labute approximate surface area is 104 Å². The molecule has 94 valence electrons. The van der Waals surface area contributed by atoms with E-state index in [9.17, 15) is 4.79 Å². The van der Waals surface area contributed by atoms with Crippen molar-refractivity contribution < 1.29 is 4.79 Å². The highest BCUT2D eigenvalue weighted by Crippen LogP contribution is 2.50. The maximum absolute atomic E-state index is 12.3. The van der Waals surface area contributed by atoms with Crippen LogP contribution in [0.25, 0.3) is 0 Å². The molecule has 1 aliphatic carbocycles. The first-order chi connectivity index (χ1) is 7.22. The maximum Gasteiger partial charge on any atom is 0.228 e. The van der Waals surface area contributed by atoms with Crippen molar-refractivity contribution in [1.82, 2.24) is 4.90 Å². The molecule has 2 fully saturated rings. The van der Waals surface area contributed by atoms with Crippen molar-refractivity contribution in [1.29, 1.82) is 0 Å². The summed E-state index contributed by atoms with van der Waals surface area (Å²) in [6.07, 6.45) is 5.54. The summed E-state index contributed by atoms with van der Waals surface area (Å²) in [5.74, 6) is 0.943. The number of likely N-dealkylation sites (tertiary alicyclic amines) is 1. The zero-order chi connectivity index (χ0) is 10.9. The number of rotatable bonds is 3. The second-order valence-electron chi connectivity index (χ2n) is 5.13. The van der Waals surface area contributed by atoms with Crippen LogP contribution in [0.5, 0.6) is 0 Å². The molecule has 0 bridgehead atoms. The van der Waals surface area contributed by atoms with Crippen LogP contribution >= 0.6 is 12.4 Å². The van der Waals surface area contributed by atoms with Crippen LogP contribution in [-0.4, -0.2) is 30.4 Å². The third kappa shape index (κ3) is 2.51. The Kier molecular flexibility index (Phi) is 4.62. The molecule has 0 aromatic rings. The van der Waals surface area contributed by atoms with Crippen LogP contribution in [0.15, 0.2) is 0 Å². The molecule has 1 saturated heterocycles. The highest BCUT2D eigenvalue weighted by atomic mass is 35.5. The number of nitrogens with zero attached hydrogens (tertiary/aromatic N) is 1. The summed E-state index contributed by atoms with van der Waals surface area (Å²) >= 11 is 0. The van der Waals surface area contributed by atoms with Crippen molar-refractivity contribution in [2.45, 2.75) is 39.0 Å². The SMILES string of the molecule is CCC1(C(=O)N2CCCC(CN)C2)CC1.Cl. The summed E-state index contributed by atoms with van der Waals surface area (Å²) in [5, 5.41) is 0. The first kappa shape index (κ1) is 13.8.